The van der Waals surface area contributed by atoms with Crippen LogP contribution >= 0.6 is 0 Å². The van der Waals surface area contributed by atoms with E-state index >= 15 is 0 Å². The van der Waals surface area contributed by atoms with Crippen LogP contribution in [0.4, 0.5) is 11.4 Å². The number of fused-ring (bicyclic) bond motifs is 6. The number of nitrogens with zero attached hydrogens (tertiary/aromatic N) is 2. The molecule has 4 heteroatoms. The van der Waals surface area contributed by atoms with Gasteiger partial charge in [0, 0.05) is 44.9 Å². The van der Waals surface area contributed by atoms with Crippen molar-refractivity contribution < 1.29 is 0 Å². The molecule has 0 radical (unpaired) electrons. The van der Waals surface area contributed by atoms with Gasteiger partial charge in [0.05, 0.1) is 34.0 Å². The highest BCUT2D eigenvalue weighted by atomic mass is 15.1. The Hall–Kier alpha value is -5.22. The fourth-order valence-corrected chi connectivity index (χ4v) is 7.43. The summed E-state index contributed by atoms with van der Waals surface area (Å²) in [5.74, 6) is 0. The molecule has 4 nitrogen and oxygen atoms in total. The lowest BCUT2D eigenvalue weighted by atomic mass is 10.00. The minimum Gasteiger partial charge on any atom is -0.397 e. The third-order valence-electron chi connectivity index (χ3n) is 9.25. The summed E-state index contributed by atoms with van der Waals surface area (Å²) >= 11 is 0. The van der Waals surface area contributed by atoms with E-state index < -0.39 is 0 Å². The van der Waals surface area contributed by atoms with Gasteiger partial charge in [-0.25, -0.2) is 0 Å². The number of para-hydroxylation sites is 3. The Morgan fingerprint density at radius 3 is 2.36 bits per heavy atom. The highest BCUT2D eigenvalue weighted by Crippen LogP contribution is 2.45. The van der Waals surface area contributed by atoms with Crippen molar-refractivity contribution in [2.24, 2.45) is 0 Å². The summed E-state index contributed by atoms with van der Waals surface area (Å²) in [6.45, 7) is 0.759. The van der Waals surface area contributed by atoms with Crippen molar-refractivity contribution in [1.82, 2.24) is 8.97 Å². The van der Waals surface area contributed by atoms with E-state index in [0.717, 1.165) is 30.8 Å². The quantitative estimate of drug-likeness (QED) is 0.213. The van der Waals surface area contributed by atoms with E-state index in [1.807, 2.05) is 18.2 Å². The summed E-state index contributed by atoms with van der Waals surface area (Å²) in [5.41, 5.74) is 17.3. The first-order chi connectivity index (χ1) is 20.8. The Kier molecular flexibility index (Phi) is 4.97. The van der Waals surface area contributed by atoms with Gasteiger partial charge in [-0.1, -0.05) is 91.0 Å². The number of anilines is 2. The monoisotopic (exact) mass is 542 g/mol. The Balaban J connectivity index is 1.38. The summed E-state index contributed by atoms with van der Waals surface area (Å²) in [6, 6.07) is 39.3. The summed E-state index contributed by atoms with van der Waals surface area (Å²) < 4.78 is 5.10. The molecule has 0 saturated heterocycles. The first-order valence-corrected chi connectivity index (χ1v) is 14.8. The van der Waals surface area contributed by atoms with Gasteiger partial charge in [0.15, 0.2) is 0 Å². The predicted octanol–water partition coefficient (Wildman–Crippen LogP) is 9.19. The molecule has 1 aliphatic carbocycles. The highest BCUT2D eigenvalue weighted by Gasteiger charge is 2.26. The largest absolute Gasteiger partial charge is 0.397 e. The van der Waals surface area contributed by atoms with E-state index in [2.05, 4.69) is 117 Å². The van der Waals surface area contributed by atoms with Gasteiger partial charge in [-0.3, -0.25) is 0 Å². The Morgan fingerprint density at radius 1 is 0.690 bits per heavy atom. The number of aromatic nitrogens is 2. The number of rotatable bonds is 5. The van der Waals surface area contributed by atoms with Gasteiger partial charge < -0.3 is 20.0 Å². The lowest BCUT2D eigenvalue weighted by Crippen LogP contribution is -2.18. The standard InChI is InChI=1S/C38H30N4/c39-29-16-6-7-17-30(29)40-31(24-11-2-1-3-12-24)23-41-34-20-10-15-27-25-13-4-8-18-32(25)42-33-19-9-5-14-26(33)28-21-22-35(41)37(36(27)34)38(28)42/h1-8,10-18,20-22,31,40H,9,19,23,39H2. The van der Waals surface area contributed by atoms with E-state index in [1.165, 1.54) is 65.8 Å². The Bertz CT molecular complexity index is 2320. The zero-order valence-corrected chi connectivity index (χ0v) is 23.2. The molecule has 0 amide bonds. The zero-order chi connectivity index (χ0) is 27.8. The lowest BCUT2D eigenvalue weighted by Gasteiger charge is -2.23. The van der Waals surface area contributed by atoms with Crippen molar-refractivity contribution in [3.63, 3.8) is 0 Å². The number of hydrogen-bond donors (Lipinski definition) is 2. The molecule has 42 heavy (non-hydrogen) atoms. The van der Waals surface area contributed by atoms with Crippen LogP contribution in [0.2, 0.25) is 0 Å². The molecule has 3 aromatic heterocycles. The molecule has 0 bridgehead atoms. The van der Waals surface area contributed by atoms with Gasteiger partial charge in [-0.05, 0) is 54.1 Å². The summed E-state index contributed by atoms with van der Waals surface area (Å²) in [7, 11) is 0. The Labute approximate surface area is 243 Å². The van der Waals surface area contributed by atoms with E-state index in [0.29, 0.717) is 0 Å². The van der Waals surface area contributed by atoms with Crippen LogP contribution in [-0.2, 0) is 13.0 Å². The highest BCUT2D eigenvalue weighted by molar-refractivity contribution is 6.30. The van der Waals surface area contributed by atoms with Crippen LogP contribution in [0.3, 0.4) is 0 Å². The molecule has 1 atom stereocenters. The van der Waals surface area contributed by atoms with Crippen LogP contribution in [0.15, 0.2) is 115 Å². The van der Waals surface area contributed by atoms with Gasteiger partial charge in [-0.2, -0.15) is 0 Å². The maximum absolute atomic E-state index is 6.42. The number of nitrogens with two attached hydrogens (primary N) is 1. The molecule has 8 aromatic rings. The lowest BCUT2D eigenvalue weighted by molar-refractivity contribution is 0.640. The first-order valence-electron chi connectivity index (χ1n) is 14.8. The average molecular weight is 543 g/mol. The smallest absolute Gasteiger partial charge is 0.0694 e. The molecule has 5 aromatic carbocycles. The molecule has 1 unspecified atom stereocenters. The van der Waals surface area contributed by atoms with Gasteiger partial charge >= 0.3 is 0 Å². The maximum Gasteiger partial charge on any atom is 0.0694 e. The van der Waals surface area contributed by atoms with Gasteiger partial charge in [0.2, 0.25) is 0 Å². The van der Waals surface area contributed by atoms with Crippen LogP contribution in [0.5, 0.6) is 0 Å². The van der Waals surface area contributed by atoms with Crippen molar-refractivity contribution in [2.45, 2.75) is 25.4 Å². The zero-order valence-electron chi connectivity index (χ0n) is 23.2. The minimum absolute atomic E-state index is 0.0206. The molecule has 3 N–H and O–H groups in total. The predicted molar refractivity (Wildman–Crippen MR) is 178 cm³/mol. The molecule has 0 saturated carbocycles. The fraction of sp³-hybridized carbons (Fsp3) is 0.105. The molecule has 3 heterocycles. The molecule has 9 rings (SSSR count). The molecule has 0 spiro atoms. The minimum atomic E-state index is 0.0206. The fourth-order valence-electron chi connectivity index (χ4n) is 7.43. The summed E-state index contributed by atoms with van der Waals surface area (Å²) in [4.78, 5) is 0. The van der Waals surface area contributed by atoms with Crippen molar-refractivity contribution in [1.29, 1.82) is 0 Å². The van der Waals surface area contributed by atoms with Crippen molar-refractivity contribution >= 4 is 66.4 Å². The second-order valence-electron chi connectivity index (χ2n) is 11.5. The number of nitrogens with one attached hydrogen (secondary N) is 1. The number of aryl methyl sites for hydroxylation is 1. The molecule has 0 fully saturated rings. The normalized spacial score (nSPS) is 14.0. The summed E-state index contributed by atoms with van der Waals surface area (Å²) in [5, 5.41) is 10.4. The Morgan fingerprint density at radius 2 is 1.45 bits per heavy atom. The third kappa shape index (κ3) is 3.23. The van der Waals surface area contributed by atoms with Crippen molar-refractivity contribution in [3.8, 4) is 0 Å². The summed E-state index contributed by atoms with van der Waals surface area (Å²) in [6.07, 6.45) is 6.79. The number of nitrogen functional groups attached to an aromatic ring is 1. The van der Waals surface area contributed by atoms with Crippen molar-refractivity contribution in [3.05, 3.63) is 132 Å². The van der Waals surface area contributed by atoms with Crippen molar-refractivity contribution in [2.75, 3.05) is 11.1 Å². The van der Waals surface area contributed by atoms with Gasteiger partial charge in [0.1, 0.15) is 0 Å². The first kappa shape index (κ1) is 23.5. The molecular weight excluding hydrogens is 512 g/mol. The molecule has 1 aliphatic rings. The van der Waals surface area contributed by atoms with E-state index in [1.54, 1.807) is 0 Å². The van der Waals surface area contributed by atoms with E-state index in [9.17, 15) is 0 Å². The van der Waals surface area contributed by atoms with Gasteiger partial charge in [-0.15, -0.1) is 0 Å². The van der Waals surface area contributed by atoms with E-state index in [-0.39, 0.29) is 6.04 Å². The van der Waals surface area contributed by atoms with Gasteiger partial charge in [0.25, 0.3) is 0 Å². The van der Waals surface area contributed by atoms with Crippen LogP contribution in [0.1, 0.15) is 29.3 Å². The SMILES string of the molecule is Nc1ccccc1NC(Cn1c2cccc3c4ccccc4n4c5c(c6ccc1c(c32)c64)C=CCC5)c1ccccc1. The van der Waals surface area contributed by atoms with Crippen LogP contribution in [0.25, 0.3) is 55.1 Å². The molecule has 202 valence electrons. The third-order valence-corrected chi connectivity index (χ3v) is 9.25. The molecular formula is C38H30N4. The second-order valence-corrected chi connectivity index (χ2v) is 11.5. The number of hydrogen-bond acceptors (Lipinski definition) is 2. The average Bonchev–Trinajstić information content (AvgIpc) is 3.50. The number of allylic oxidation sites excluding steroid dienone is 1. The maximum atomic E-state index is 6.42. The van der Waals surface area contributed by atoms with Crippen LogP contribution in [0, 0.1) is 0 Å². The number of benzene rings is 5. The molecule has 0 aliphatic heterocycles. The second kappa shape index (κ2) is 8.89. The topological polar surface area (TPSA) is 47.4 Å². The van der Waals surface area contributed by atoms with Crippen LogP contribution in [-0.4, -0.2) is 8.97 Å². The van der Waals surface area contributed by atoms with E-state index in [4.69, 9.17) is 5.73 Å². The van der Waals surface area contributed by atoms with Crippen LogP contribution < -0.4 is 11.1 Å².